The van der Waals surface area contributed by atoms with Crippen molar-refractivity contribution in [2.75, 3.05) is 13.6 Å². The number of likely N-dealkylation sites (N-methyl/N-ethyl adjacent to an activating group) is 1. The number of hydrogen-bond donors (Lipinski definition) is 2. The van der Waals surface area contributed by atoms with E-state index in [0.717, 1.165) is 19.4 Å². The van der Waals surface area contributed by atoms with Crippen LogP contribution in [0.4, 0.5) is 0 Å². The van der Waals surface area contributed by atoms with Gasteiger partial charge in [-0.2, -0.15) is 0 Å². The van der Waals surface area contributed by atoms with Crippen molar-refractivity contribution in [3.63, 3.8) is 0 Å². The van der Waals surface area contributed by atoms with Crippen molar-refractivity contribution in [1.29, 1.82) is 0 Å². The lowest BCUT2D eigenvalue weighted by molar-refractivity contribution is 0.763. The van der Waals surface area contributed by atoms with Crippen LogP contribution in [0, 0.1) is 0 Å². The summed E-state index contributed by atoms with van der Waals surface area (Å²) in [5.41, 5.74) is 2.58. The van der Waals surface area contributed by atoms with Gasteiger partial charge in [0.05, 0.1) is 5.70 Å². The number of allylic oxidation sites excluding steroid dienone is 3. The molecule has 11 heavy (non-hydrogen) atoms. The largest absolute Gasteiger partial charge is 0.390 e. The van der Waals surface area contributed by atoms with Crippen LogP contribution < -0.4 is 10.6 Å². The predicted molar refractivity (Wildman–Crippen MR) is 48.1 cm³/mol. The summed E-state index contributed by atoms with van der Waals surface area (Å²) in [5.74, 6) is 0. The topological polar surface area (TPSA) is 24.1 Å². The first-order valence-electron chi connectivity index (χ1n) is 4.19. The molecule has 0 atom stereocenters. The molecular weight excluding hydrogens is 136 g/mol. The van der Waals surface area contributed by atoms with E-state index < -0.39 is 0 Å². The Morgan fingerprint density at radius 3 is 3.00 bits per heavy atom. The predicted octanol–water partition coefficient (Wildman–Crippen LogP) is 1.38. The van der Waals surface area contributed by atoms with Crippen molar-refractivity contribution in [1.82, 2.24) is 10.6 Å². The maximum Gasteiger partial charge on any atom is 0.0529 e. The number of rotatable bonds is 3. The molecule has 0 heterocycles. The molecule has 2 nitrogen and oxygen atoms in total. The molecule has 2 heteroatoms. The second-order valence-corrected chi connectivity index (χ2v) is 2.61. The van der Waals surface area contributed by atoms with Gasteiger partial charge in [0.1, 0.15) is 0 Å². The van der Waals surface area contributed by atoms with Gasteiger partial charge in [-0.05, 0) is 25.8 Å². The molecule has 2 N–H and O–H groups in total. The molecule has 0 aromatic carbocycles. The van der Waals surface area contributed by atoms with Gasteiger partial charge >= 0.3 is 0 Å². The van der Waals surface area contributed by atoms with Crippen molar-refractivity contribution in [3.8, 4) is 0 Å². The minimum atomic E-state index is 0.991. The average Bonchev–Trinajstić information content (AvgIpc) is 2.06. The van der Waals surface area contributed by atoms with Gasteiger partial charge in [-0.1, -0.05) is 6.08 Å². The summed E-state index contributed by atoms with van der Waals surface area (Å²) in [6.45, 7) is 3.10. The first kappa shape index (κ1) is 8.18. The Bertz CT molecular complexity index is 180. The third-order valence-corrected chi connectivity index (χ3v) is 1.84. The highest BCUT2D eigenvalue weighted by atomic mass is 14.9. The van der Waals surface area contributed by atoms with E-state index in [4.69, 9.17) is 0 Å². The Kier molecular flexibility index (Phi) is 3.02. The fourth-order valence-electron chi connectivity index (χ4n) is 1.28. The quantitative estimate of drug-likeness (QED) is 0.638. The highest BCUT2D eigenvalue weighted by molar-refractivity contribution is 5.26. The van der Waals surface area contributed by atoms with Gasteiger partial charge in [0, 0.05) is 19.3 Å². The Hall–Kier alpha value is -0.920. The molecule has 0 aromatic rings. The molecule has 62 valence electrons. The van der Waals surface area contributed by atoms with Crippen molar-refractivity contribution in [2.24, 2.45) is 0 Å². The molecule has 0 aromatic heterocycles. The van der Waals surface area contributed by atoms with Gasteiger partial charge in [0.25, 0.3) is 0 Å². The fourth-order valence-corrected chi connectivity index (χ4v) is 1.28. The van der Waals surface area contributed by atoms with E-state index >= 15 is 0 Å². The lowest BCUT2D eigenvalue weighted by Gasteiger charge is -2.16. The molecule has 0 aliphatic heterocycles. The Labute approximate surface area is 68.4 Å². The van der Waals surface area contributed by atoms with Crippen molar-refractivity contribution >= 4 is 0 Å². The van der Waals surface area contributed by atoms with Crippen LogP contribution in [-0.4, -0.2) is 13.6 Å². The second-order valence-electron chi connectivity index (χ2n) is 2.61. The van der Waals surface area contributed by atoms with Crippen LogP contribution in [0.1, 0.15) is 19.8 Å². The van der Waals surface area contributed by atoms with Gasteiger partial charge in [0.15, 0.2) is 0 Å². The van der Waals surface area contributed by atoms with E-state index in [1.165, 1.54) is 11.4 Å². The molecule has 0 saturated heterocycles. The zero-order valence-corrected chi connectivity index (χ0v) is 7.28. The standard InChI is InChI=1S/C9H16N2/c1-3-11-9-7-5-4-6-8(9)10-2/h5,7,10-11H,3-4,6H2,1-2H3. The molecule has 0 saturated carbocycles. The van der Waals surface area contributed by atoms with E-state index in [2.05, 4.69) is 29.7 Å². The average molecular weight is 152 g/mol. The number of nitrogens with one attached hydrogen (secondary N) is 2. The van der Waals surface area contributed by atoms with Crippen LogP contribution in [0.5, 0.6) is 0 Å². The summed E-state index contributed by atoms with van der Waals surface area (Å²) in [5, 5.41) is 6.52. The Morgan fingerprint density at radius 2 is 2.36 bits per heavy atom. The maximum absolute atomic E-state index is 3.32. The lowest BCUT2D eigenvalue weighted by atomic mass is 10.1. The van der Waals surface area contributed by atoms with E-state index in [9.17, 15) is 0 Å². The summed E-state index contributed by atoms with van der Waals surface area (Å²) in [4.78, 5) is 0. The molecular formula is C9H16N2. The summed E-state index contributed by atoms with van der Waals surface area (Å²) in [6, 6.07) is 0. The van der Waals surface area contributed by atoms with Crippen LogP contribution in [0.15, 0.2) is 23.5 Å². The summed E-state index contributed by atoms with van der Waals surface area (Å²) in [7, 11) is 1.98. The molecule has 1 rings (SSSR count). The van der Waals surface area contributed by atoms with Crippen LogP contribution in [0.2, 0.25) is 0 Å². The molecule has 1 aliphatic rings. The van der Waals surface area contributed by atoms with Gasteiger partial charge in [0.2, 0.25) is 0 Å². The van der Waals surface area contributed by atoms with Gasteiger partial charge in [-0.15, -0.1) is 0 Å². The fraction of sp³-hybridized carbons (Fsp3) is 0.556. The third-order valence-electron chi connectivity index (χ3n) is 1.84. The first-order chi connectivity index (χ1) is 5.38. The highest BCUT2D eigenvalue weighted by Gasteiger charge is 2.04. The summed E-state index contributed by atoms with van der Waals surface area (Å²) >= 11 is 0. The van der Waals surface area contributed by atoms with Gasteiger partial charge < -0.3 is 10.6 Å². The van der Waals surface area contributed by atoms with Gasteiger partial charge in [-0.25, -0.2) is 0 Å². The van der Waals surface area contributed by atoms with Crippen molar-refractivity contribution < 1.29 is 0 Å². The zero-order chi connectivity index (χ0) is 8.10. The lowest BCUT2D eigenvalue weighted by Crippen LogP contribution is -2.20. The van der Waals surface area contributed by atoms with Crippen LogP contribution in [-0.2, 0) is 0 Å². The van der Waals surface area contributed by atoms with E-state index in [1.54, 1.807) is 0 Å². The minimum absolute atomic E-state index is 0.991. The first-order valence-corrected chi connectivity index (χ1v) is 4.19. The smallest absolute Gasteiger partial charge is 0.0529 e. The monoisotopic (exact) mass is 152 g/mol. The minimum Gasteiger partial charge on any atom is -0.390 e. The third kappa shape index (κ3) is 2.00. The maximum atomic E-state index is 3.32. The van der Waals surface area contributed by atoms with Gasteiger partial charge in [-0.3, -0.25) is 0 Å². The normalized spacial score (nSPS) is 16.9. The molecule has 1 aliphatic carbocycles. The molecule has 0 spiro atoms. The molecule has 0 fully saturated rings. The van der Waals surface area contributed by atoms with E-state index in [1.807, 2.05) is 7.05 Å². The van der Waals surface area contributed by atoms with Crippen LogP contribution in [0.25, 0.3) is 0 Å². The van der Waals surface area contributed by atoms with Crippen molar-refractivity contribution in [3.05, 3.63) is 23.5 Å². The highest BCUT2D eigenvalue weighted by Crippen LogP contribution is 2.13. The van der Waals surface area contributed by atoms with E-state index in [-0.39, 0.29) is 0 Å². The van der Waals surface area contributed by atoms with Crippen molar-refractivity contribution in [2.45, 2.75) is 19.8 Å². The zero-order valence-electron chi connectivity index (χ0n) is 7.28. The Balaban J connectivity index is 2.66. The molecule has 0 unspecified atom stereocenters. The summed E-state index contributed by atoms with van der Waals surface area (Å²) < 4.78 is 0. The second kappa shape index (κ2) is 4.06. The van der Waals surface area contributed by atoms with Crippen LogP contribution in [0.3, 0.4) is 0 Å². The molecule has 0 amide bonds. The Morgan fingerprint density at radius 1 is 1.55 bits per heavy atom. The molecule has 0 radical (unpaired) electrons. The number of hydrogen-bond acceptors (Lipinski definition) is 2. The SMILES string of the molecule is CCNC1=C(NC)CCC=C1. The van der Waals surface area contributed by atoms with Crippen LogP contribution >= 0.6 is 0 Å². The summed E-state index contributed by atoms with van der Waals surface area (Å²) in [6.07, 6.45) is 6.65. The molecule has 0 bridgehead atoms. The van der Waals surface area contributed by atoms with E-state index in [0.29, 0.717) is 0 Å².